The number of benzene rings is 4. The van der Waals surface area contributed by atoms with Crippen LogP contribution in [0.4, 0.5) is 21.2 Å². The molecule has 118 heavy (non-hydrogen) atoms. The van der Waals surface area contributed by atoms with Crippen LogP contribution >= 0.6 is 46.4 Å². The highest BCUT2D eigenvalue weighted by Gasteiger charge is 2.31. The molecule has 34 heteroatoms. The highest BCUT2D eigenvalue weighted by atomic mass is 35.5. The molecule has 6 N–H and O–H groups in total. The highest BCUT2D eigenvalue weighted by molar-refractivity contribution is 6.35. The molecule has 0 aliphatic rings. The van der Waals surface area contributed by atoms with Gasteiger partial charge in [0.25, 0.3) is 0 Å². The summed E-state index contributed by atoms with van der Waals surface area (Å²) >= 11 is 25.3. The number of hydrogen-bond donors (Lipinski definition) is 6. The topological polar surface area (TPSA) is 367 Å². The van der Waals surface area contributed by atoms with E-state index in [-0.39, 0.29) is 176 Å². The van der Waals surface area contributed by atoms with E-state index in [2.05, 4.69) is 41.9 Å². The second-order valence-corrected chi connectivity index (χ2v) is 30.7. The van der Waals surface area contributed by atoms with E-state index in [0.717, 1.165) is 0 Å². The quantitative estimate of drug-likeness (QED) is 0.0117. The lowest BCUT2D eigenvalue weighted by Gasteiger charge is -2.27. The minimum absolute atomic E-state index is 0.0174. The normalized spacial score (nSPS) is 12.3. The van der Waals surface area contributed by atoms with Gasteiger partial charge in [0.05, 0.1) is 92.0 Å². The number of anilines is 2. The Bertz CT molecular complexity index is 3840. The van der Waals surface area contributed by atoms with E-state index in [1.165, 1.54) is 36.2 Å². The average molecular weight is 1720 g/mol. The Morgan fingerprint density at radius 2 is 0.754 bits per heavy atom. The zero-order valence-corrected chi connectivity index (χ0v) is 70.9. The SMILES string of the molecule is COC(=O)CC(NC(=O)[C@H](Cc1ccc(OCCOCCOCCNC(=O)CCC(=O)NCCOCCOCCOc2ccc(C[C@H](NC(=O)CCCCN(C(=O)OC(C)(C)C)c3ccccn3)C(=O)NC(CC(=O)OC)c3cc(Cl)cc(Cl)c3)cc2)cc1)NC(=O)CCCCN(C(=O)OC(C)(C)C)c1ccccn1)c1cc(Cl)cc(Cl)c1. The number of hydrogen-bond acceptors (Lipinski definition) is 22. The van der Waals surface area contributed by atoms with Crippen LogP contribution in [-0.2, 0) is 89.1 Å². The van der Waals surface area contributed by atoms with E-state index in [4.69, 9.17) is 93.8 Å². The first-order chi connectivity index (χ1) is 56.4. The maximum atomic E-state index is 14.2. The lowest BCUT2D eigenvalue weighted by Crippen LogP contribution is -2.49. The lowest BCUT2D eigenvalue weighted by atomic mass is 10.0. The highest BCUT2D eigenvalue weighted by Crippen LogP contribution is 2.29. The minimum Gasteiger partial charge on any atom is -0.491 e. The van der Waals surface area contributed by atoms with Crippen molar-refractivity contribution in [3.05, 3.63) is 176 Å². The summed E-state index contributed by atoms with van der Waals surface area (Å²) < 4.78 is 55.4. The van der Waals surface area contributed by atoms with E-state index >= 15 is 0 Å². The van der Waals surface area contributed by atoms with Gasteiger partial charge in [-0.25, -0.2) is 19.6 Å². The number of nitrogens with zero attached hydrogens (tertiary/aromatic N) is 4. The van der Waals surface area contributed by atoms with Gasteiger partial charge in [0.2, 0.25) is 35.4 Å². The number of aromatic nitrogens is 2. The molecule has 0 saturated carbocycles. The summed E-state index contributed by atoms with van der Waals surface area (Å²) in [5.74, 6) is -2.01. The van der Waals surface area contributed by atoms with Gasteiger partial charge in [-0.15, -0.1) is 0 Å². The summed E-state index contributed by atoms with van der Waals surface area (Å²) in [5, 5.41) is 18.1. The molecular weight excluding hydrogens is 1610 g/mol. The fourth-order valence-electron chi connectivity index (χ4n) is 11.3. The van der Waals surface area contributed by atoms with Crippen LogP contribution in [0.1, 0.15) is 140 Å². The number of pyridine rings is 2. The first-order valence-electron chi connectivity index (χ1n) is 38.8. The number of carbonyl (C=O) groups is 10. The van der Waals surface area contributed by atoms with E-state index in [1.807, 2.05) is 0 Å². The number of carbonyl (C=O) groups excluding carboxylic acids is 10. The van der Waals surface area contributed by atoms with Gasteiger partial charge < -0.3 is 79.3 Å². The molecule has 0 aliphatic heterocycles. The molecular formula is C84H108Cl4N10O20. The summed E-state index contributed by atoms with van der Waals surface area (Å²) in [5.41, 5.74) is 0.755. The van der Waals surface area contributed by atoms with Crippen LogP contribution in [0.3, 0.4) is 0 Å². The zero-order chi connectivity index (χ0) is 85.8. The van der Waals surface area contributed by atoms with Crippen LogP contribution in [0.2, 0.25) is 20.1 Å². The summed E-state index contributed by atoms with van der Waals surface area (Å²) in [6, 6.07) is 29.6. The third kappa shape index (κ3) is 39.1. The molecule has 0 fully saturated rings. The smallest absolute Gasteiger partial charge is 0.416 e. The van der Waals surface area contributed by atoms with Gasteiger partial charge in [-0.05, 0) is 174 Å². The molecule has 0 saturated heterocycles. The van der Waals surface area contributed by atoms with Crippen molar-refractivity contribution in [2.24, 2.45) is 0 Å². The van der Waals surface area contributed by atoms with Crippen LogP contribution in [-0.4, -0.2) is 199 Å². The maximum Gasteiger partial charge on any atom is 0.416 e. The number of amides is 8. The van der Waals surface area contributed by atoms with Crippen molar-refractivity contribution in [1.29, 1.82) is 0 Å². The number of nitrogens with one attached hydrogen (secondary N) is 6. The first-order valence-corrected chi connectivity index (χ1v) is 40.3. The third-order valence-corrected chi connectivity index (χ3v) is 17.9. The molecule has 4 atom stereocenters. The molecule has 0 spiro atoms. The Labute approximate surface area is 708 Å². The monoisotopic (exact) mass is 1720 g/mol. The Kier molecular flexibility index (Phi) is 42.8. The molecule has 642 valence electrons. The zero-order valence-electron chi connectivity index (χ0n) is 67.9. The fourth-order valence-corrected chi connectivity index (χ4v) is 12.4. The summed E-state index contributed by atoms with van der Waals surface area (Å²) in [6.45, 7) is 13.8. The largest absolute Gasteiger partial charge is 0.491 e. The van der Waals surface area contributed by atoms with E-state index < -0.39 is 83.1 Å². The number of methoxy groups -OCH3 is 2. The molecule has 0 radical (unpaired) electrons. The van der Waals surface area contributed by atoms with Crippen molar-refractivity contribution < 1.29 is 95.3 Å². The molecule has 4 aromatic carbocycles. The number of rotatable bonds is 51. The average Bonchev–Trinajstić information content (AvgIpc) is 0.873. The van der Waals surface area contributed by atoms with E-state index in [1.54, 1.807) is 163 Å². The van der Waals surface area contributed by atoms with Crippen molar-refractivity contribution in [2.75, 3.05) is 116 Å². The maximum absolute atomic E-state index is 14.2. The number of ether oxygens (including phenoxy) is 10. The number of esters is 2. The summed E-state index contributed by atoms with van der Waals surface area (Å²) in [4.78, 5) is 143. The molecule has 6 aromatic rings. The van der Waals surface area contributed by atoms with Gasteiger partial charge in [-0.1, -0.05) is 82.8 Å². The molecule has 2 heterocycles. The fraction of sp³-hybridized carbons (Fsp3) is 0.476. The lowest BCUT2D eigenvalue weighted by molar-refractivity contribution is -0.142. The van der Waals surface area contributed by atoms with Crippen molar-refractivity contribution in [1.82, 2.24) is 41.9 Å². The van der Waals surface area contributed by atoms with Crippen molar-refractivity contribution in [2.45, 2.75) is 154 Å². The standard InChI is InChI=1S/C84H108Cl4N10O20/c1-83(2,3)117-81(107)97(71-17-9-13-31-89-71)35-15-11-19-75(101)93-69(79(105)95-67(55-77(103)109-7)59-49-61(85)53-62(86)50-59)47-57-21-25-65(26-22-57)115-45-43-113-41-39-111-37-33-91-73(99)29-30-74(100)92-34-38-112-40-42-114-44-46-116-66-27-23-58(24-28-66)48-70(80(106)96-68(56-78(104)110-8)60-51-63(87)54-64(88)52-60)94-76(102)20-12-16-36-98(72-18-10-14-32-90-72)82(108)118-84(4,5)6/h9-10,13-14,17-18,21-28,31-32,49-54,67-70H,11-12,15-16,19-20,29-30,33-48,55-56H2,1-8H3,(H,91,99)(H,92,100)(H,93,101)(H,94,102)(H,95,105)(H,96,106)/t67?,68?,69-,70-/m0/s1. The molecule has 30 nitrogen and oxygen atoms in total. The van der Waals surface area contributed by atoms with Gasteiger partial charge >= 0.3 is 24.1 Å². The molecule has 8 amide bonds. The Hall–Kier alpha value is -9.92. The van der Waals surface area contributed by atoms with Crippen molar-refractivity contribution in [3.8, 4) is 11.5 Å². The van der Waals surface area contributed by atoms with Crippen LogP contribution in [0.25, 0.3) is 0 Å². The minimum atomic E-state index is -1.11. The van der Waals surface area contributed by atoms with Crippen LogP contribution in [0.15, 0.2) is 134 Å². The van der Waals surface area contributed by atoms with Gasteiger partial charge in [0.1, 0.15) is 59.6 Å². The Balaban J connectivity index is 0.827. The van der Waals surface area contributed by atoms with Gasteiger partial charge in [-0.3, -0.25) is 48.2 Å². The Morgan fingerprint density at radius 3 is 1.08 bits per heavy atom. The predicted molar refractivity (Wildman–Crippen MR) is 445 cm³/mol. The number of halogens is 4. The van der Waals surface area contributed by atoms with Crippen LogP contribution in [0.5, 0.6) is 11.5 Å². The second-order valence-electron chi connectivity index (χ2n) is 28.9. The van der Waals surface area contributed by atoms with Gasteiger partial charge in [-0.2, -0.15) is 0 Å². The third-order valence-electron chi connectivity index (χ3n) is 17.0. The van der Waals surface area contributed by atoms with Crippen molar-refractivity contribution >= 4 is 118 Å². The predicted octanol–water partition coefficient (Wildman–Crippen LogP) is 11.7. The number of unbranched alkanes of at least 4 members (excludes halogenated alkanes) is 2. The van der Waals surface area contributed by atoms with E-state index in [0.29, 0.717) is 71.1 Å². The summed E-state index contributed by atoms with van der Waals surface area (Å²) in [7, 11) is 2.46. The molecule has 2 unspecified atom stereocenters. The molecule has 0 aliphatic carbocycles. The van der Waals surface area contributed by atoms with Gasteiger partial charge in [0, 0.05) is 97.2 Å². The summed E-state index contributed by atoms with van der Waals surface area (Å²) in [6.07, 6.45) is 3.09. The van der Waals surface area contributed by atoms with Gasteiger partial charge in [0.15, 0.2) is 0 Å². The van der Waals surface area contributed by atoms with Crippen LogP contribution < -0.4 is 51.2 Å². The van der Waals surface area contributed by atoms with Crippen molar-refractivity contribution in [3.63, 3.8) is 0 Å². The molecule has 2 aromatic heterocycles. The first kappa shape index (κ1) is 96.9. The van der Waals surface area contributed by atoms with Crippen LogP contribution in [0, 0.1) is 0 Å². The Morgan fingerprint density at radius 1 is 0.407 bits per heavy atom. The second kappa shape index (κ2) is 52.1. The van der Waals surface area contributed by atoms with E-state index in [9.17, 15) is 47.9 Å². The molecule has 0 bridgehead atoms. The molecule has 6 rings (SSSR count).